The first-order valence-corrected chi connectivity index (χ1v) is 14.1. The molecule has 0 aliphatic heterocycles. The van der Waals surface area contributed by atoms with Gasteiger partial charge in [0, 0.05) is 28.0 Å². The number of benzene rings is 7. The molecule has 0 saturated heterocycles. The molecule has 8 rings (SSSR count). The molecule has 0 radical (unpaired) electrons. The van der Waals surface area contributed by atoms with E-state index in [0.717, 1.165) is 44.5 Å². The normalized spacial score (nSPS) is 11.3. The molecule has 3 heteroatoms. The smallest absolute Gasteiger partial charge is 0.227 e. The van der Waals surface area contributed by atoms with Gasteiger partial charge in [-0.15, -0.1) is 0 Å². The van der Waals surface area contributed by atoms with Gasteiger partial charge in [-0.2, -0.15) is 0 Å². The van der Waals surface area contributed by atoms with Crippen molar-refractivity contribution in [2.24, 2.45) is 0 Å². The van der Waals surface area contributed by atoms with Crippen LogP contribution in [0, 0.1) is 0 Å². The Balaban J connectivity index is 1.25. The number of hydrogen-bond acceptors (Lipinski definition) is 3. The highest BCUT2D eigenvalue weighted by Crippen LogP contribution is 2.39. The lowest BCUT2D eigenvalue weighted by Crippen LogP contribution is -2.09. The van der Waals surface area contributed by atoms with E-state index in [1.807, 2.05) is 36.4 Å². The van der Waals surface area contributed by atoms with Crippen molar-refractivity contribution in [2.45, 2.75) is 0 Å². The molecule has 42 heavy (non-hydrogen) atoms. The Morgan fingerprint density at radius 3 is 1.93 bits per heavy atom. The molecule has 8 aromatic rings. The topological polar surface area (TPSA) is 29.3 Å². The predicted molar refractivity (Wildman–Crippen MR) is 175 cm³/mol. The van der Waals surface area contributed by atoms with Crippen molar-refractivity contribution in [1.29, 1.82) is 0 Å². The summed E-state index contributed by atoms with van der Waals surface area (Å²) in [7, 11) is 0. The zero-order valence-electron chi connectivity index (χ0n) is 22.8. The van der Waals surface area contributed by atoms with Crippen LogP contribution < -0.4 is 4.90 Å². The summed E-state index contributed by atoms with van der Waals surface area (Å²) in [5, 5.41) is 4.65. The molecular weight excluding hydrogens is 512 g/mol. The summed E-state index contributed by atoms with van der Waals surface area (Å²) in [6, 6.07) is 55.1. The second-order valence-corrected chi connectivity index (χ2v) is 10.4. The maximum atomic E-state index is 6.38. The molecule has 1 heterocycles. The van der Waals surface area contributed by atoms with Crippen molar-refractivity contribution in [1.82, 2.24) is 4.98 Å². The van der Waals surface area contributed by atoms with E-state index in [1.165, 1.54) is 21.9 Å². The highest BCUT2D eigenvalue weighted by atomic mass is 16.3. The van der Waals surface area contributed by atoms with E-state index in [9.17, 15) is 0 Å². The molecule has 7 aromatic carbocycles. The first kappa shape index (κ1) is 24.2. The van der Waals surface area contributed by atoms with E-state index in [0.29, 0.717) is 5.89 Å². The number of aromatic nitrogens is 1. The fourth-order valence-corrected chi connectivity index (χ4v) is 5.83. The average Bonchev–Trinajstić information content (AvgIpc) is 3.51. The van der Waals surface area contributed by atoms with Crippen molar-refractivity contribution in [2.75, 3.05) is 4.90 Å². The van der Waals surface area contributed by atoms with Crippen LogP contribution >= 0.6 is 0 Å². The Morgan fingerprint density at radius 2 is 1.10 bits per heavy atom. The van der Waals surface area contributed by atoms with Crippen molar-refractivity contribution >= 4 is 49.7 Å². The molecule has 0 fully saturated rings. The molecule has 0 unspecified atom stereocenters. The summed E-state index contributed by atoms with van der Waals surface area (Å²) in [6.45, 7) is 0. The molecule has 198 valence electrons. The number of oxazole rings is 1. The SMILES string of the molecule is c1ccc(-c2nc3ccc4ccc(N(c5ccccc5)c5ccc(-c6cccc7ccccc67)cc5)cc4c3o2)cc1. The highest BCUT2D eigenvalue weighted by Gasteiger charge is 2.16. The Hall–Kier alpha value is -5.67. The lowest BCUT2D eigenvalue weighted by molar-refractivity contribution is 0.623. The van der Waals surface area contributed by atoms with Crippen LogP contribution in [0.1, 0.15) is 0 Å². The van der Waals surface area contributed by atoms with E-state index in [2.05, 4.69) is 126 Å². The molecule has 0 N–H and O–H groups in total. The van der Waals surface area contributed by atoms with Gasteiger partial charge in [0.1, 0.15) is 5.52 Å². The van der Waals surface area contributed by atoms with Crippen LogP contribution in [0.25, 0.3) is 55.2 Å². The number of anilines is 3. The first-order valence-electron chi connectivity index (χ1n) is 14.1. The standard InChI is InChI=1S/C39H26N2O/c1-3-11-30(12-4-1)39-40-37-25-21-29-20-24-33(26-36(29)38(37)42-39)41(31-14-5-2-6-15-31)32-22-18-28(19-23-32)35-17-9-13-27-10-7-8-16-34(27)35/h1-26H. The van der Waals surface area contributed by atoms with Gasteiger partial charge in [0.05, 0.1) is 0 Å². The van der Waals surface area contributed by atoms with Crippen molar-refractivity contribution in [3.63, 3.8) is 0 Å². The predicted octanol–water partition coefficient (Wildman–Crippen LogP) is 10.9. The molecule has 0 bridgehead atoms. The lowest BCUT2D eigenvalue weighted by atomic mass is 9.98. The molecule has 0 amide bonds. The Labute approximate surface area is 243 Å². The van der Waals surface area contributed by atoms with E-state index in [-0.39, 0.29) is 0 Å². The van der Waals surface area contributed by atoms with Crippen LogP contribution in [0.4, 0.5) is 17.1 Å². The molecule has 0 saturated carbocycles. The van der Waals surface area contributed by atoms with Crippen LogP contribution in [0.3, 0.4) is 0 Å². The Kier molecular flexibility index (Phi) is 5.79. The number of hydrogen-bond donors (Lipinski definition) is 0. The molecule has 0 aliphatic carbocycles. The van der Waals surface area contributed by atoms with Gasteiger partial charge in [-0.05, 0) is 81.9 Å². The van der Waals surface area contributed by atoms with Crippen molar-refractivity contribution in [3.8, 4) is 22.6 Å². The summed E-state index contributed by atoms with van der Waals surface area (Å²) in [6.07, 6.45) is 0. The van der Waals surface area contributed by atoms with Gasteiger partial charge >= 0.3 is 0 Å². The summed E-state index contributed by atoms with van der Waals surface area (Å²) in [4.78, 5) is 7.10. The van der Waals surface area contributed by atoms with Gasteiger partial charge in [-0.25, -0.2) is 4.98 Å². The summed E-state index contributed by atoms with van der Waals surface area (Å²) in [5.41, 5.74) is 8.27. The number of rotatable bonds is 5. The third kappa shape index (κ3) is 4.20. The third-order valence-corrected chi connectivity index (χ3v) is 7.88. The monoisotopic (exact) mass is 538 g/mol. The van der Waals surface area contributed by atoms with Crippen LogP contribution in [0.15, 0.2) is 162 Å². The quantitative estimate of drug-likeness (QED) is 0.218. The summed E-state index contributed by atoms with van der Waals surface area (Å²) >= 11 is 0. The highest BCUT2D eigenvalue weighted by molar-refractivity contribution is 6.05. The molecule has 1 aromatic heterocycles. The van der Waals surface area contributed by atoms with Crippen LogP contribution in [-0.4, -0.2) is 4.98 Å². The van der Waals surface area contributed by atoms with Crippen LogP contribution in [0.2, 0.25) is 0 Å². The second kappa shape index (κ2) is 10.1. The first-order chi connectivity index (χ1) is 20.8. The van der Waals surface area contributed by atoms with Gasteiger partial charge in [-0.1, -0.05) is 103 Å². The van der Waals surface area contributed by atoms with E-state index < -0.39 is 0 Å². The largest absolute Gasteiger partial charge is 0.435 e. The minimum absolute atomic E-state index is 0.632. The van der Waals surface area contributed by atoms with E-state index in [4.69, 9.17) is 9.40 Å². The average molecular weight is 539 g/mol. The number of nitrogens with zero attached hydrogens (tertiary/aromatic N) is 2. The van der Waals surface area contributed by atoms with Crippen LogP contribution in [-0.2, 0) is 0 Å². The Morgan fingerprint density at radius 1 is 0.452 bits per heavy atom. The molecule has 0 spiro atoms. The second-order valence-electron chi connectivity index (χ2n) is 10.4. The molecule has 0 aliphatic rings. The van der Waals surface area contributed by atoms with Crippen molar-refractivity contribution < 1.29 is 4.42 Å². The summed E-state index contributed by atoms with van der Waals surface area (Å²) < 4.78 is 6.38. The minimum Gasteiger partial charge on any atom is -0.435 e. The number of para-hydroxylation sites is 1. The van der Waals surface area contributed by atoms with Crippen molar-refractivity contribution in [3.05, 3.63) is 158 Å². The van der Waals surface area contributed by atoms with Crippen LogP contribution in [0.5, 0.6) is 0 Å². The van der Waals surface area contributed by atoms with Gasteiger partial charge in [-0.3, -0.25) is 0 Å². The minimum atomic E-state index is 0.632. The molecular formula is C39H26N2O. The van der Waals surface area contributed by atoms with E-state index in [1.54, 1.807) is 0 Å². The lowest BCUT2D eigenvalue weighted by Gasteiger charge is -2.26. The van der Waals surface area contributed by atoms with Gasteiger partial charge in [0.15, 0.2) is 5.58 Å². The van der Waals surface area contributed by atoms with Gasteiger partial charge in [0.2, 0.25) is 5.89 Å². The maximum Gasteiger partial charge on any atom is 0.227 e. The van der Waals surface area contributed by atoms with E-state index >= 15 is 0 Å². The zero-order chi connectivity index (χ0) is 27.9. The molecule has 3 nitrogen and oxygen atoms in total. The fourth-order valence-electron chi connectivity index (χ4n) is 5.83. The third-order valence-electron chi connectivity index (χ3n) is 7.88. The maximum absolute atomic E-state index is 6.38. The molecule has 0 atom stereocenters. The van der Waals surface area contributed by atoms with Gasteiger partial charge in [0.25, 0.3) is 0 Å². The fraction of sp³-hybridized carbons (Fsp3) is 0. The number of fused-ring (bicyclic) bond motifs is 4. The van der Waals surface area contributed by atoms with Gasteiger partial charge < -0.3 is 9.32 Å². The Bertz CT molecular complexity index is 2180. The summed E-state index contributed by atoms with van der Waals surface area (Å²) in [5.74, 6) is 0.632. The zero-order valence-corrected chi connectivity index (χ0v) is 22.8.